The number of aryl methyl sites for hydroxylation is 1. The molecule has 0 radical (unpaired) electrons. The summed E-state index contributed by atoms with van der Waals surface area (Å²) in [6.07, 6.45) is 1.73. The number of thiazole rings is 1. The van der Waals surface area contributed by atoms with Crippen LogP contribution in [-0.4, -0.2) is 17.1 Å². The highest BCUT2D eigenvalue weighted by molar-refractivity contribution is 7.07. The number of carbonyl (C=O) groups excluding carboxylic acids is 1. The van der Waals surface area contributed by atoms with E-state index in [9.17, 15) is 9.59 Å². The molecule has 222 valence electrons. The third-order valence-corrected chi connectivity index (χ3v) is 8.97. The van der Waals surface area contributed by atoms with Crippen LogP contribution in [-0.2, 0) is 16.1 Å². The third-order valence-electron chi connectivity index (χ3n) is 7.43. The maximum absolute atomic E-state index is 13.9. The van der Waals surface area contributed by atoms with E-state index in [0.29, 0.717) is 48.6 Å². The summed E-state index contributed by atoms with van der Waals surface area (Å²) in [5, 5.41) is 2.93. The van der Waals surface area contributed by atoms with Crippen LogP contribution in [0.4, 0.5) is 0 Å². The number of allylic oxidation sites excluding steroid dienone is 1. The molecule has 0 aliphatic carbocycles. The number of benzene rings is 4. The summed E-state index contributed by atoms with van der Waals surface area (Å²) in [6, 6.07) is 24.8. The molecule has 9 heteroatoms. The van der Waals surface area contributed by atoms with Crippen molar-refractivity contribution in [3.63, 3.8) is 0 Å². The van der Waals surface area contributed by atoms with Gasteiger partial charge in [0.15, 0.2) is 10.6 Å². The lowest BCUT2D eigenvalue weighted by molar-refractivity contribution is -0.139. The van der Waals surface area contributed by atoms with Crippen molar-refractivity contribution >= 4 is 57.4 Å². The van der Waals surface area contributed by atoms with Gasteiger partial charge in [0.2, 0.25) is 0 Å². The Kier molecular flexibility index (Phi) is 8.45. The van der Waals surface area contributed by atoms with E-state index in [-0.39, 0.29) is 12.2 Å². The number of ether oxygens (including phenoxy) is 2. The number of carbonyl (C=O) groups is 1. The van der Waals surface area contributed by atoms with E-state index in [1.54, 1.807) is 36.6 Å². The summed E-state index contributed by atoms with van der Waals surface area (Å²) in [5.74, 6) is -0.124. The van der Waals surface area contributed by atoms with E-state index in [2.05, 4.69) is 29.3 Å². The number of esters is 1. The molecule has 6 nitrogen and oxygen atoms in total. The van der Waals surface area contributed by atoms with Crippen LogP contribution in [0.3, 0.4) is 0 Å². The van der Waals surface area contributed by atoms with Crippen LogP contribution < -0.4 is 19.6 Å². The van der Waals surface area contributed by atoms with E-state index < -0.39 is 12.0 Å². The van der Waals surface area contributed by atoms with Crippen LogP contribution in [0.2, 0.25) is 10.0 Å². The topological polar surface area (TPSA) is 69.9 Å². The molecule has 1 aromatic heterocycles. The molecule has 0 amide bonds. The Hall–Kier alpha value is -4.17. The highest BCUT2D eigenvalue weighted by Crippen LogP contribution is 2.35. The standard InChI is InChI=1S/C35H28Cl2N2O4S/c1-4-42-34(41)30-21(3)38-35-39(31(30)25-12-9-20(2)10-13-25)33(40)29(44-35)18-23-16-27(36)32(28(37)17-23)43-19-22-11-14-24-7-5-6-8-26(24)15-22/h5-18,31H,4,19H2,1-3H3/b29-18+/t31-/m1/s1. The molecule has 0 fully saturated rings. The number of hydrogen-bond donors (Lipinski definition) is 0. The molecule has 2 heterocycles. The predicted octanol–water partition coefficient (Wildman–Crippen LogP) is 7.15. The lowest BCUT2D eigenvalue weighted by Gasteiger charge is -2.24. The van der Waals surface area contributed by atoms with E-state index in [1.807, 2.05) is 49.4 Å². The molecule has 0 saturated heterocycles. The van der Waals surface area contributed by atoms with Gasteiger partial charge in [0.1, 0.15) is 6.61 Å². The average molecular weight is 644 g/mol. The van der Waals surface area contributed by atoms with Crippen molar-refractivity contribution in [1.29, 1.82) is 0 Å². The van der Waals surface area contributed by atoms with Crippen LogP contribution in [0.25, 0.3) is 16.8 Å². The number of fused-ring (bicyclic) bond motifs is 2. The van der Waals surface area contributed by atoms with Gasteiger partial charge in [-0.05, 0) is 72.5 Å². The summed E-state index contributed by atoms with van der Waals surface area (Å²) >= 11 is 14.5. The Balaban J connectivity index is 1.35. The quantitative estimate of drug-likeness (QED) is 0.177. The smallest absolute Gasteiger partial charge is 0.338 e. The first-order chi connectivity index (χ1) is 21.2. The summed E-state index contributed by atoms with van der Waals surface area (Å²) in [4.78, 5) is 32.1. The zero-order valence-electron chi connectivity index (χ0n) is 24.3. The second-order valence-electron chi connectivity index (χ2n) is 10.5. The molecule has 6 rings (SSSR count). The van der Waals surface area contributed by atoms with Gasteiger partial charge in [-0.15, -0.1) is 0 Å². The molecule has 0 N–H and O–H groups in total. The highest BCUT2D eigenvalue weighted by Gasteiger charge is 2.33. The average Bonchev–Trinajstić information content (AvgIpc) is 3.30. The van der Waals surface area contributed by atoms with Gasteiger partial charge in [0.25, 0.3) is 5.56 Å². The maximum atomic E-state index is 13.9. The monoisotopic (exact) mass is 642 g/mol. The van der Waals surface area contributed by atoms with Gasteiger partial charge in [0.05, 0.1) is 38.5 Å². The predicted molar refractivity (Wildman–Crippen MR) is 176 cm³/mol. The second kappa shape index (κ2) is 12.4. The Morgan fingerprint density at radius 1 is 0.977 bits per heavy atom. The summed E-state index contributed by atoms with van der Waals surface area (Å²) in [6.45, 7) is 6.01. The van der Waals surface area contributed by atoms with Gasteiger partial charge < -0.3 is 9.47 Å². The molecule has 1 aliphatic rings. The number of rotatable bonds is 7. The molecular formula is C35H28Cl2N2O4S. The van der Waals surface area contributed by atoms with Gasteiger partial charge in [-0.2, -0.15) is 0 Å². The van der Waals surface area contributed by atoms with Crippen molar-refractivity contribution in [2.45, 2.75) is 33.4 Å². The van der Waals surface area contributed by atoms with Crippen LogP contribution in [0.15, 0.2) is 99.9 Å². The first kappa shape index (κ1) is 29.9. The summed E-state index contributed by atoms with van der Waals surface area (Å²) in [7, 11) is 0. The van der Waals surface area contributed by atoms with Gasteiger partial charge in [-0.1, -0.05) is 101 Å². The third kappa shape index (κ3) is 5.83. The Labute approximate surface area is 268 Å². The molecule has 44 heavy (non-hydrogen) atoms. The lowest BCUT2D eigenvalue weighted by atomic mass is 9.95. The van der Waals surface area contributed by atoms with Crippen LogP contribution in [0.1, 0.15) is 42.1 Å². The molecule has 4 aromatic carbocycles. The molecule has 5 aromatic rings. The molecule has 1 atom stereocenters. The van der Waals surface area contributed by atoms with Crippen molar-refractivity contribution in [3.8, 4) is 5.75 Å². The Bertz CT molecular complexity index is 2110. The van der Waals surface area contributed by atoms with Crippen molar-refractivity contribution in [2.75, 3.05) is 6.61 Å². The fraction of sp³-hybridized carbons (Fsp3) is 0.171. The fourth-order valence-electron chi connectivity index (χ4n) is 5.29. The van der Waals surface area contributed by atoms with Gasteiger partial charge in [-0.3, -0.25) is 9.36 Å². The van der Waals surface area contributed by atoms with Crippen LogP contribution in [0, 0.1) is 6.92 Å². The van der Waals surface area contributed by atoms with Gasteiger partial charge >= 0.3 is 5.97 Å². The first-order valence-electron chi connectivity index (χ1n) is 14.1. The SMILES string of the molecule is CCOC(=O)C1=C(C)N=c2s/c(=C/c3cc(Cl)c(OCc4ccc5ccccc5c4)c(Cl)c3)c(=O)n2[C@@H]1c1ccc(C)cc1. The zero-order valence-corrected chi connectivity index (χ0v) is 26.6. The highest BCUT2D eigenvalue weighted by atomic mass is 35.5. The van der Waals surface area contributed by atoms with Crippen molar-refractivity contribution in [3.05, 3.63) is 142 Å². The van der Waals surface area contributed by atoms with E-state index >= 15 is 0 Å². The van der Waals surface area contributed by atoms with Crippen molar-refractivity contribution in [1.82, 2.24) is 4.57 Å². The zero-order chi connectivity index (χ0) is 31.0. The molecule has 1 aliphatic heterocycles. The number of nitrogens with zero attached hydrogens (tertiary/aromatic N) is 2. The first-order valence-corrected chi connectivity index (χ1v) is 15.7. The summed E-state index contributed by atoms with van der Waals surface area (Å²) < 4.78 is 13.4. The second-order valence-corrected chi connectivity index (χ2v) is 12.3. The molecular weight excluding hydrogens is 615 g/mol. The number of hydrogen-bond acceptors (Lipinski definition) is 6. The van der Waals surface area contributed by atoms with Gasteiger partial charge in [-0.25, -0.2) is 9.79 Å². The number of aromatic nitrogens is 1. The van der Waals surface area contributed by atoms with Crippen molar-refractivity contribution in [2.24, 2.45) is 4.99 Å². The van der Waals surface area contributed by atoms with E-state index in [4.69, 9.17) is 32.7 Å². The van der Waals surface area contributed by atoms with Crippen LogP contribution in [0.5, 0.6) is 5.75 Å². The van der Waals surface area contributed by atoms with Crippen LogP contribution >= 0.6 is 34.5 Å². The largest absolute Gasteiger partial charge is 0.486 e. The lowest BCUT2D eigenvalue weighted by Crippen LogP contribution is -2.39. The van der Waals surface area contributed by atoms with E-state index in [1.165, 1.54) is 11.3 Å². The maximum Gasteiger partial charge on any atom is 0.338 e. The molecule has 0 saturated carbocycles. The Morgan fingerprint density at radius 3 is 2.39 bits per heavy atom. The minimum Gasteiger partial charge on any atom is -0.486 e. The fourth-order valence-corrected chi connectivity index (χ4v) is 6.95. The molecule has 0 unspecified atom stereocenters. The number of halogens is 2. The molecule has 0 spiro atoms. The van der Waals surface area contributed by atoms with E-state index in [0.717, 1.165) is 27.5 Å². The minimum atomic E-state index is -0.675. The molecule has 0 bridgehead atoms. The minimum absolute atomic E-state index is 0.212. The van der Waals surface area contributed by atoms with Gasteiger partial charge in [0, 0.05) is 0 Å². The normalized spacial score (nSPS) is 14.8. The van der Waals surface area contributed by atoms with Crippen molar-refractivity contribution < 1.29 is 14.3 Å². The summed E-state index contributed by atoms with van der Waals surface area (Å²) in [5.41, 5.74) is 4.06. The Morgan fingerprint density at radius 2 is 1.68 bits per heavy atom.